The second kappa shape index (κ2) is 4.46. The van der Waals surface area contributed by atoms with E-state index in [0.29, 0.717) is 10.4 Å². The fraction of sp³-hybridized carbons (Fsp3) is 0. The molecular weight excluding hydrogens is 286 g/mol. The molecular formula is C16H10ClN3O. The highest BCUT2D eigenvalue weighted by atomic mass is 35.5. The zero-order valence-corrected chi connectivity index (χ0v) is 11.6. The van der Waals surface area contributed by atoms with E-state index in [0.717, 1.165) is 27.3 Å². The van der Waals surface area contributed by atoms with Gasteiger partial charge in [-0.05, 0) is 28.3 Å². The van der Waals surface area contributed by atoms with E-state index in [1.807, 2.05) is 30.3 Å². The van der Waals surface area contributed by atoms with Gasteiger partial charge in [0.15, 0.2) is 0 Å². The molecule has 0 unspecified atom stereocenters. The van der Waals surface area contributed by atoms with Crippen LogP contribution in [0.25, 0.3) is 32.7 Å². The van der Waals surface area contributed by atoms with Crippen LogP contribution in [-0.4, -0.2) is 15.2 Å². The summed E-state index contributed by atoms with van der Waals surface area (Å²) in [6.45, 7) is 0. The van der Waals surface area contributed by atoms with Gasteiger partial charge in [0.2, 0.25) is 0 Å². The van der Waals surface area contributed by atoms with Crippen LogP contribution in [0.5, 0.6) is 0 Å². The van der Waals surface area contributed by atoms with Crippen molar-refractivity contribution in [3.05, 3.63) is 64.3 Å². The number of nitrogens with one attached hydrogen (secondary N) is 2. The number of aromatic nitrogens is 3. The van der Waals surface area contributed by atoms with Gasteiger partial charge in [-0.2, -0.15) is 5.10 Å². The van der Waals surface area contributed by atoms with Crippen LogP contribution in [0, 0.1) is 0 Å². The van der Waals surface area contributed by atoms with Gasteiger partial charge < -0.3 is 4.98 Å². The Balaban J connectivity index is 2.22. The first kappa shape index (κ1) is 12.2. The van der Waals surface area contributed by atoms with Gasteiger partial charge in [-0.15, -0.1) is 0 Å². The van der Waals surface area contributed by atoms with Crippen molar-refractivity contribution in [3.63, 3.8) is 0 Å². The predicted molar refractivity (Wildman–Crippen MR) is 84.7 cm³/mol. The average Bonchev–Trinajstić information content (AvgIpc) is 3.01. The molecule has 102 valence electrons. The normalized spacial score (nSPS) is 11.3. The molecule has 0 saturated heterocycles. The van der Waals surface area contributed by atoms with Crippen LogP contribution in [0.2, 0.25) is 5.02 Å². The van der Waals surface area contributed by atoms with Crippen LogP contribution in [0.15, 0.2) is 53.7 Å². The molecule has 0 radical (unpaired) electrons. The van der Waals surface area contributed by atoms with Crippen LogP contribution >= 0.6 is 11.6 Å². The van der Waals surface area contributed by atoms with Crippen molar-refractivity contribution in [1.82, 2.24) is 15.2 Å². The van der Waals surface area contributed by atoms with Crippen molar-refractivity contribution in [2.45, 2.75) is 0 Å². The number of pyridine rings is 1. The molecule has 4 rings (SSSR count). The maximum Gasteiger partial charge on any atom is 0.256 e. The zero-order valence-electron chi connectivity index (χ0n) is 10.9. The fourth-order valence-corrected chi connectivity index (χ4v) is 2.86. The number of H-pyrrole nitrogens is 2. The number of benzene rings is 2. The van der Waals surface area contributed by atoms with E-state index < -0.39 is 0 Å². The van der Waals surface area contributed by atoms with Crippen LogP contribution in [0.4, 0.5) is 0 Å². The summed E-state index contributed by atoms with van der Waals surface area (Å²) >= 11 is 6.08. The molecule has 0 aliphatic rings. The number of aromatic amines is 2. The summed E-state index contributed by atoms with van der Waals surface area (Å²) < 4.78 is 0. The van der Waals surface area contributed by atoms with Crippen molar-refractivity contribution < 1.29 is 0 Å². The second-order valence-corrected chi connectivity index (χ2v) is 5.31. The quantitative estimate of drug-likeness (QED) is 0.526. The Kier molecular flexibility index (Phi) is 2.59. The molecule has 0 aliphatic heterocycles. The lowest BCUT2D eigenvalue weighted by atomic mass is 9.98. The summed E-state index contributed by atoms with van der Waals surface area (Å²) in [5.41, 5.74) is 1.74. The highest BCUT2D eigenvalue weighted by Crippen LogP contribution is 2.31. The van der Waals surface area contributed by atoms with E-state index in [-0.39, 0.29) is 5.56 Å². The largest absolute Gasteiger partial charge is 0.328 e. The molecule has 0 amide bonds. The third-order valence-corrected chi connectivity index (χ3v) is 3.89. The minimum absolute atomic E-state index is 0.120. The average molecular weight is 296 g/mol. The molecule has 0 saturated carbocycles. The van der Waals surface area contributed by atoms with E-state index in [1.165, 1.54) is 0 Å². The number of rotatable bonds is 1. The van der Waals surface area contributed by atoms with Crippen molar-refractivity contribution in [2.24, 2.45) is 0 Å². The summed E-state index contributed by atoms with van der Waals surface area (Å²) in [7, 11) is 0. The minimum Gasteiger partial charge on any atom is -0.328 e. The second-order valence-electron chi connectivity index (χ2n) is 4.87. The third-order valence-electron chi connectivity index (χ3n) is 3.66. The molecule has 0 aliphatic carbocycles. The molecule has 2 N–H and O–H groups in total. The SMILES string of the molecule is O=c1[nH]cc(-c2cn[nH]c2)c2ccc3ccc(Cl)cc3c12. The lowest BCUT2D eigenvalue weighted by Gasteiger charge is -2.07. The molecule has 0 fully saturated rings. The molecule has 2 aromatic heterocycles. The molecule has 2 aromatic carbocycles. The Hall–Kier alpha value is -2.59. The van der Waals surface area contributed by atoms with Gasteiger partial charge >= 0.3 is 0 Å². The molecule has 4 nitrogen and oxygen atoms in total. The molecule has 0 bridgehead atoms. The predicted octanol–water partition coefficient (Wildman–Crippen LogP) is 3.72. The van der Waals surface area contributed by atoms with E-state index in [9.17, 15) is 4.79 Å². The summed E-state index contributed by atoms with van der Waals surface area (Å²) in [4.78, 5) is 15.1. The maximum atomic E-state index is 12.3. The number of hydrogen-bond donors (Lipinski definition) is 2. The number of halogens is 1. The molecule has 5 heteroatoms. The smallest absolute Gasteiger partial charge is 0.256 e. The Morgan fingerprint density at radius 1 is 1.05 bits per heavy atom. The van der Waals surface area contributed by atoms with E-state index in [2.05, 4.69) is 15.2 Å². The fourth-order valence-electron chi connectivity index (χ4n) is 2.69. The van der Waals surface area contributed by atoms with Crippen molar-refractivity contribution in [1.29, 1.82) is 0 Å². The summed E-state index contributed by atoms with van der Waals surface area (Å²) in [5, 5.41) is 10.7. The van der Waals surface area contributed by atoms with Gasteiger partial charge in [-0.1, -0.05) is 29.8 Å². The highest BCUT2D eigenvalue weighted by Gasteiger charge is 2.11. The van der Waals surface area contributed by atoms with Gasteiger partial charge in [0.25, 0.3) is 5.56 Å². The number of nitrogens with zero attached hydrogens (tertiary/aromatic N) is 1. The molecule has 0 spiro atoms. The van der Waals surface area contributed by atoms with Crippen LogP contribution < -0.4 is 5.56 Å². The van der Waals surface area contributed by atoms with Crippen LogP contribution in [0.3, 0.4) is 0 Å². The lowest BCUT2D eigenvalue weighted by Crippen LogP contribution is -2.06. The highest BCUT2D eigenvalue weighted by molar-refractivity contribution is 6.32. The van der Waals surface area contributed by atoms with Gasteiger partial charge in [-0.25, -0.2) is 0 Å². The van der Waals surface area contributed by atoms with Crippen molar-refractivity contribution in [3.8, 4) is 11.1 Å². The van der Waals surface area contributed by atoms with Crippen LogP contribution in [-0.2, 0) is 0 Å². The standard InChI is InChI=1S/C16H10ClN3O/c17-11-3-1-9-2-4-12-14(10-6-19-20-7-10)8-18-16(21)15(12)13(9)5-11/h1-8H,(H,18,21)(H,19,20). The van der Waals surface area contributed by atoms with E-state index >= 15 is 0 Å². The Morgan fingerprint density at radius 2 is 1.90 bits per heavy atom. The first-order valence-electron chi connectivity index (χ1n) is 6.47. The van der Waals surface area contributed by atoms with Gasteiger partial charge in [0, 0.05) is 28.5 Å². The lowest BCUT2D eigenvalue weighted by molar-refractivity contribution is 1.09. The molecule has 0 atom stereocenters. The minimum atomic E-state index is -0.120. The molecule has 21 heavy (non-hydrogen) atoms. The maximum absolute atomic E-state index is 12.3. The Morgan fingerprint density at radius 3 is 2.71 bits per heavy atom. The van der Waals surface area contributed by atoms with E-state index in [4.69, 9.17) is 11.6 Å². The molecule has 2 heterocycles. The monoisotopic (exact) mass is 295 g/mol. The topological polar surface area (TPSA) is 61.5 Å². The first-order chi connectivity index (χ1) is 10.2. The number of hydrogen-bond acceptors (Lipinski definition) is 2. The zero-order chi connectivity index (χ0) is 14.4. The summed E-state index contributed by atoms with van der Waals surface area (Å²) in [6.07, 6.45) is 5.25. The van der Waals surface area contributed by atoms with Gasteiger partial charge in [0.05, 0.1) is 11.6 Å². The first-order valence-corrected chi connectivity index (χ1v) is 6.84. The third kappa shape index (κ3) is 1.84. The number of fused-ring (bicyclic) bond motifs is 3. The van der Waals surface area contributed by atoms with Gasteiger partial charge in [-0.3, -0.25) is 9.89 Å². The van der Waals surface area contributed by atoms with Crippen molar-refractivity contribution in [2.75, 3.05) is 0 Å². The van der Waals surface area contributed by atoms with Crippen molar-refractivity contribution >= 4 is 33.1 Å². The summed E-state index contributed by atoms with van der Waals surface area (Å²) in [6, 6.07) is 9.53. The molecule has 4 aromatic rings. The summed E-state index contributed by atoms with van der Waals surface area (Å²) in [5.74, 6) is 0. The van der Waals surface area contributed by atoms with Crippen LogP contribution in [0.1, 0.15) is 0 Å². The van der Waals surface area contributed by atoms with E-state index in [1.54, 1.807) is 18.6 Å². The Bertz CT molecular complexity index is 1020. The Labute approximate surface area is 124 Å². The van der Waals surface area contributed by atoms with Gasteiger partial charge in [0.1, 0.15) is 0 Å².